The Morgan fingerprint density at radius 2 is 2.00 bits per heavy atom. The van der Waals surface area contributed by atoms with Crippen LogP contribution in [0.1, 0.15) is 13.3 Å². The minimum Gasteiger partial charge on any atom is -0.454 e. The van der Waals surface area contributed by atoms with Gasteiger partial charge in [-0.05, 0) is 37.2 Å². The summed E-state index contributed by atoms with van der Waals surface area (Å²) in [4.78, 5) is 11.5. The van der Waals surface area contributed by atoms with Crippen molar-refractivity contribution in [1.29, 1.82) is 0 Å². The highest BCUT2D eigenvalue weighted by molar-refractivity contribution is 5.87. The maximum atomic E-state index is 11.5. The van der Waals surface area contributed by atoms with Crippen LogP contribution in [0.3, 0.4) is 0 Å². The number of rotatable bonds is 2. The average Bonchev–Trinajstić information content (AvgIpc) is 2.88. The van der Waals surface area contributed by atoms with Crippen molar-refractivity contribution in [2.24, 2.45) is 23.7 Å². The zero-order valence-electron chi connectivity index (χ0n) is 9.43. The summed E-state index contributed by atoms with van der Waals surface area (Å²) in [6.07, 6.45) is 10.1. The molecule has 5 atom stereocenters. The minimum atomic E-state index is -0.262. The Kier molecular flexibility index (Phi) is 2.06. The van der Waals surface area contributed by atoms with Crippen LogP contribution in [0.25, 0.3) is 0 Å². The summed E-state index contributed by atoms with van der Waals surface area (Å²) in [5.41, 5.74) is 0.482. The van der Waals surface area contributed by atoms with Crippen LogP contribution in [0.4, 0.5) is 0 Å². The molecular weight excluding hydrogens is 200 g/mol. The molecule has 0 heterocycles. The van der Waals surface area contributed by atoms with Gasteiger partial charge in [-0.2, -0.15) is 0 Å². The zero-order valence-corrected chi connectivity index (χ0v) is 9.43. The predicted octanol–water partition coefficient (Wildman–Crippen LogP) is 2.48. The quantitative estimate of drug-likeness (QED) is 0.402. The molecule has 1 fully saturated rings. The fraction of sp³-hybridized carbons (Fsp3) is 0.500. The van der Waals surface area contributed by atoms with Crippen molar-refractivity contribution in [3.8, 4) is 0 Å². The monoisotopic (exact) mass is 216 g/mol. The highest BCUT2D eigenvalue weighted by atomic mass is 16.5. The first-order valence-electron chi connectivity index (χ1n) is 5.90. The molecule has 2 nitrogen and oxygen atoms in total. The summed E-state index contributed by atoms with van der Waals surface area (Å²) in [5, 5.41) is 0. The third-order valence-corrected chi connectivity index (χ3v) is 4.08. The molecule has 0 spiro atoms. The van der Waals surface area contributed by atoms with E-state index in [2.05, 4.69) is 30.9 Å². The van der Waals surface area contributed by atoms with Gasteiger partial charge in [0.1, 0.15) is 6.10 Å². The molecule has 16 heavy (non-hydrogen) atoms. The Balaban J connectivity index is 1.75. The van der Waals surface area contributed by atoms with Crippen molar-refractivity contribution in [3.05, 3.63) is 36.5 Å². The van der Waals surface area contributed by atoms with Crippen molar-refractivity contribution in [1.82, 2.24) is 0 Å². The topological polar surface area (TPSA) is 26.3 Å². The van der Waals surface area contributed by atoms with Gasteiger partial charge < -0.3 is 4.74 Å². The van der Waals surface area contributed by atoms with E-state index in [1.54, 1.807) is 6.92 Å². The third-order valence-electron chi connectivity index (χ3n) is 4.08. The largest absolute Gasteiger partial charge is 0.454 e. The number of carbonyl (C=O) groups excluding carboxylic acids is 1. The van der Waals surface area contributed by atoms with Crippen molar-refractivity contribution < 1.29 is 9.53 Å². The maximum Gasteiger partial charge on any atom is 0.333 e. The molecule has 3 rings (SSSR count). The Hall–Kier alpha value is -1.31. The second kappa shape index (κ2) is 3.34. The molecule has 0 radical (unpaired) electrons. The second-order valence-corrected chi connectivity index (χ2v) is 5.14. The number of allylic oxidation sites excluding steroid dienone is 3. The molecule has 0 saturated heterocycles. The number of hydrogen-bond acceptors (Lipinski definition) is 2. The molecule has 3 aliphatic rings. The number of fused-ring (bicyclic) bond motifs is 5. The molecule has 2 heteroatoms. The van der Waals surface area contributed by atoms with Crippen LogP contribution in [0.15, 0.2) is 36.5 Å². The van der Waals surface area contributed by atoms with E-state index in [-0.39, 0.29) is 12.1 Å². The Labute approximate surface area is 95.7 Å². The molecule has 0 aromatic heterocycles. The SMILES string of the molecule is C=C(C)C(=O)O[C@@H]1C=C[C@@H]2[C@H]1[C@H]1C=C[C@H]2C1. The summed E-state index contributed by atoms with van der Waals surface area (Å²) in [6.45, 7) is 5.31. The lowest BCUT2D eigenvalue weighted by Crippen LogP contribution is -2.28. The lowest BCUT2D eigenvalue weighted by Gasteiger charge is -2.25. The van der Waals surface area contributed by atoms with Crippen molar-refractivity contribution in [3.63, 3.8) is 0 Å². The third kappa shape index (κ3) is 1.29. The van der Waals surface area contributed by atoms with Crippen LogP contribution in [-0.2, 0) is 9.53 Å². The molecule has 0 unspecified atom stereocenters. The standard InChI is InChI=1S/C14H16O2/c1-8(2)14(15)16-12-6-5-11-9-3-4-10(7-9)13(11)12/h3-6,9-13H,1,7H2,2H3/t9-,10-,11-,12+,13+/m0/s1. The van der Waals surface area contributed by atoms with Crippen LogP contribution in [0, 0.1) is 23.7 Å². The van der Waals surface area contributed by atoms with E-state index in [0.29, 0.717) is 29.2 Å². The average molecular weight is 216 g/mol. The molecule has 1 saturated carbocycles. The molecule has 0 aromatic carbocycles. The first-order chi connectivity index (χ1) is 7.66. The van der Waals surface area contributed by atoms with Crippen molar-refractivity contribution in [2.75, 3.05) is 0 Å². The van der Waals surface area contributed by atoms with Crippen LogP contribution in [0.2, 0.25) is 0 Å². The summed E-state index contributed by atoms with van der Waals surface area (Å²) in [7, 11) is 0. The number of hydrogen-bond donors (Lipinski definition) is 0. The highest BCUT2D eigenvalue weighted by Crippen LogP contribution is 2.53. The Morgan fingerprint density at radius 3 is 2.75 bits per heavy atom. The van der Waals surface area contributed by atoms with Crippen LogP contribution >= 0.6 is 0 Å². The van der Waals surface area contributed by atoms with Gasteiger partial charge in [-0.1, -0.05) is 24.8 Å². The Bertz CT molecular complexity index is 405. The van der Waals surface area contributed by atoms with E-state index in [1.165, 1.54) is 6.42 Å². The molecule has 0 aromatic rings. The molecule has 0 N–H and O–H groups in total. The second-order valence-electron chi connectivity index (χ2n) is 5.14. The number of ether oxygens (including phenoxy) is 1. The summed E-state index contributed by atoms with van der Waals surface area (Å²) >= 11 is 0. The lowest BCUT2D eigenvalue weighted by molar-refractivity contribution is -0.144. The van der Waals surface area contributed by atoms with E-state index >= 15 is 0 Å². The van der Waals surface area contributed by atoms with E-state index in [9.17, 15) is 4.79 Å². The van der Waals surface area contributed by atoms with Gasteiger partial charge in [-0.15, -0.1) is 0 Å². The highest BCUT2D eigenvalue weighted by Gasteiger charge is 2.50. The summed E-state index contributed by atoms with van der Waals surface area (Å²) < 4.78 is 5.48. The van der Waals surface area contributed by atoms with Gasteiger partial charge in [0.05, 0.1) is 0 Å². The molecule has 84 valence electrons. The van der Waals surface area contributed by atoms with E-state index in [4.69, 9.17) is 4.74 Å². The number of esters is 1. The van der Waals surface area contributed by atoms with Crippen molar-refractivity contribution >= 4 is 5.97 Å². The fourth-order valence-electron chi connectivity index (χ4n) is 3.34. The van der Waals surface area contributed by atoms with Gasteiger partial charge >= 0.3 is 5.97 Å². The van der Waals surface area contributed by atoms with E-state index in [0.717, 1.165) is 0 Å². The Morgan fingerprint density at radius 1 is 1.25 bits per heavy atom. The van der Waals surface area contributed by atoms with Gasteiger partial charge in [0.15, 0.2) is 0 Å². The number of carbonyl (C=O) groups is 1. The van der Waals surface area contributed by atoms with Gasteiger partial charge in [0.25, 0.3) is 0 Å². The summed E-state index contributed by atoms with van der Waals surface area (Å²) in [6, 6.07) is 0. The van der Waals surface area contributed by atoms with E-state index < -0.39 is 0 Å². The molecule has 0 aliphatic heterocycles. The normalized spacial score (nSPS) is 42.4. The zero-order chi connectivity index (χ0) is 11.3. The minimum absolute atomic E-state index is 0.0332. The molecule has 0 amide bonds. The van der Waals surface area contributed by atoms with Crippen LogP contribution < -0.4 is 0 Å². The van der Waals surface area contributed by atoms with Gasteiger partial charge in [-0.3, -0.25) is 0 Å². The lowest BCUT2D eigenvalue weighted by atomic mass is 9.84. The molecule has 2 bridgehead atoms. The van der Waals surface area contributed by atoms with Crippen LogP contribution in [0.5, 0.6) is 0 Å². The van der Waals surface area contributed by atoms with Crippen LogP contribution in [-0.4, -0.2) is 12.1 Å². The molecule has 3 aliphatic carbocycles. The van der Waals surface area contributed by atoms with E-state index in [1.807, 2.05) is 0 Å². The summed E-state index contributed by atoms with van der Waals surface area (Å²) in [5.74, 6) is 2.10. The first-order valence-corrected chi connectivity index (χ1v) is 5.90. The van der Waals surface area contributed by atoms with Crippen molar-refractivity contribution in [2.45, 2.75) is 19.4 Å². The fourth-order valence-corrected chi connectivity index (χ4v) is 3.34. The van der Waals surface area contributed by atoms with Gasteiger partial charge in [-0.25, -0.2) is 4.79 Å². The molecular formula is C14H16O2. The maximum absolute atomic E-state index is 11.5. The first kappa shape index (κ1) is 9.88. The smallest absolute Gasteiger partial charge is 0.333 e. The van der Waals surface area contributed by atoms with Gasteiger partial charge in [0.2, 0.25) is 0 Å². The van der Waals surface area contributed by atoms with Gasteiger partial charge in [0, 0.05) is 11.5 Å². The predicted molar refractivity (Wildman–Crippen MR) is 61.6 cm³/mol.